The number of allylic oxidation sites excluding steroid dienone is 7. The van der Waals surface area contributed by atoms with E-state index in [-0.39, 0.29) is 42.3 Å². The third-order valence-corrected chi connectivity index (χ3v) is 13.2. The molecular formula is C44H68O7. The second kappa shape index (κ2) is 19.0. The van der Waals surface area contributed by atoms with Gasteiger partial charge in [0.2, 0.25) is 5.78 Å². The molecule has 3 fully saturated rings. The van der Waals surface area contributed by atoms with Crippen LogP contribution in [0.25, 0.3) is 0 Å². The van der Waals surface area contributed by atoms with Gasteiger partial charge in [0.25, 0.3) is 0 Å². The number of hydrogen-bond acceptors (Lipinski definition) is 7. The van der Waals surface area contributed by atoms with E-state index in [2.05, 4.69) is 32.6 Å². The smallest absolute Gasteiger partial charge is 0.306 e. The van der Waals surface area contributed by atoms with Gasteiger partial charge in [-0.3, -0.25) is 14.4 Å². The third-order valence-electron chi connectivity index (χ3n) is 13.2. The van der Waals surface area contributed by atoms with Gasteiger partial charge in [0.1, 0.15) is 5.60 Å². The maximum Gasteiger partial charge on any atom is 0.306 e. The molecule has 0 aromatic rings. The summed E-state index contributed by atoms with van der Waals surface area (Å²) in [5.74, 6) is -0.794. The van der Waals surface area contributed by atoms with Crippen molar-refractivity contribution in [1.29, 1.82) is 0 Å². The maximum absolute atomic E-state index is 13.7. The number of aliphatic hydroxyl groups is 2. The first kappa shape index (κ1) is 41.2. The second-order valence-corrected chi connectivity index (χ2v) is 16.7. The molecule has 0 unspecified atom stereocenters. The Bertz CT molecular complexity index is 1300. The molecule has 7 heteroatoms. The maximum atomic E-state index is 13.7. The van der Waals surface area contributed by atoms with Gasteiger partial charge in [-0.1, -0.05) is 109 Å². The number of aliphatic hydroxyl groups excluding tert-OH is 1. The molecule has 0 aromatic carbocycles. The van der Waals surface area contributed by atoms with Crippen LogP contribution in [0.5, 0.6) is 0 Å². The summed E-state index contributed by atoms with van der Waals surface area (Å²) in [6.45, 7) is 12.2. The summed E-state index contributed by atoms with van der Waals surface area (Å²) in [5, 5.41) is 23.8. The summed E-state index contributed by atoms with van der Waals surface area (Å²) in [4.78, 5) is 38.5. The average molecular weight is 709 g/mol. The van der Waals surface area contributed by atoms with E-state index in [9.17, 15) is 24.6 Å². The zero-order valence-electron chi connectivity index (χ0n) is 32.3. The van der Waals surface area contributed by atoms with Gasteiger partial charge < -0.3 is 19.7 Å². The Balaban J connectivity index is 1.11. The lowest BCUT2D eigenvalue weighted by Crippen LogP contribution is -2.62. The number of carbonyl (C=O) groups excluding carboxylic acids is 3. The highest BCUT2D eigenvalue weighted by Gasteiger charge is 2.70. The van der Waals surface area contributed by atoms with Crippen LogP contribution in [0.2, 0.25) is 0 Å². The number of carbonyl (C=O) groups is 3. The molecule has 0 aliphatic heterocycles. The van der Waals surface area contributed by atoms with E-state index in [0.29, 0.717) is 25.2 Å². The number of unbranched alkanes of at least 4 members (excludes halogenated alkanes) is 11. The number of hydrogen-bond donors (Lipinski definition) is 2. The van der Waals surface area contributed by atoms with Crippen LogP contribution in [0.3, 0.4) is 0 Å². The van der Waals surface area contributed by atoms with Gasteiger partial charge >= 0.3 is 5.97 Å². The van der Waals surface area contributed by atoms with Crippen molar-refractivity contribution in [3.8, 4) is 0 Å². The number of ether oxygens (including phenoxy) is 2. The number of esters is 1. The zero-order valence-corrected chi connectivity index (χ0v) is 32.3. The van der Waals surface area contributed by atoms with Gasteiger partial charge in [0.15, 0.2) is 12.4 Å². The predicted octanol–water partition coefficient (Wildman–Crippen LogP) is 9.31. The summed E-state index contributed by atoms with van der Waals surface area (Å²) in [6, 6.07) is 0. The van der Waals surface area contributed by atoms with E-state index >= 15 is 0 Å². The highest BCUT2D eigenvalue weighted by Crippen LogP contribution is 2.68. The van der Waals surface area contributed by atoms with Gasteiger partial charge in [-0.05, 0) is 87.7 Å². The molecule has 0 heterocycles. The topological polar surface area (TPSA) is 110 Å². The van der Waals surface area contributed by atoms with Crippen molar-refractivity contribution in [3.05, 3.63) is 48.3 Å². The quantitative estimate of drug-likeness (QED) is 0.0499. The Labute approximate surface area is 308 Å². The van der Waals surface area contributed by atoms with Gasteiger partial charge in [-0.25, -0.2) is 0 Å². The van der Waals surface area contributed by atoms with Crippen molar-refractivity contribution < 1.29 is 34.1 Å². The van der Waals surface area contributed by atoms with E-state index in [1.54, 1.807) is 12.2 Å². The third kappa shape index (κ3) is 9.73. The average Bonchev–Trinajstić information content (AvgIpc) is 3.30. The van der Waals surface area contributed by atoms with Gasteiger partial charge in [0, 0.05) is 23.2 Å². The first-order valence-corrected chi connectivity index (χ1v) is 20.4. The van der Waals surface area contributed by atoms with Crippen LogP contribution in [-0.2, 0) is 23.9 Å². The van der Waals surface area contributed by atoms with Crippen LogP contribution in [-0.4, -0.2) is 52.7 Å². The Kier molecular flexibility index (Phi) is 15.4. The van der Waals surface area contributed by atoms with Crippen LogP contribution >= 0.6 is 0 Å². The molecule has 0 amide bonds. The first-order chi connectivity index (χ1) is 24.4. The van der Waals surface area contributed by atoms with Gasteiger partial charge in [-0.15, -0.1) is 0 Å². The zero-order chi connectivity index (χ0) is 37.1. The minimum Gasteiger partial charge on any atom is -0.499 e. The van der Waals surface area contributed by atoms with E-state index < -0.39 is 40.9 Å². The van der Waals surface area contributed by atoms with Crippen LogP contribution in [0.1, 0.15) is 150 Å². The molecule has 4 aliphatic carbocycles. The van der Waals surface area contributed by atoms with Crippen LogP contribution in [0.15, 0.2) is 48.3 Å². The second-order valence-electron chi connectivity index (χ2n) is 16.7. The fourth-order valence-electron chi connectivity index (χ4n) is 10.3. The van der Waals surface area contributed by atoms with Gasteiger partial charge in [0.05, 0.1) is 24.9 Å². The van der Waals surface area contributed by atoms with Crippen molar-refractivity contribution in [3.63, 3.8) is 0 Å². The molecule has 4 aliphatic rings. The Morgan fingerprint density at radius 1 is 0.961 bits per heavy atom. The Hall–Kier alpha value is -2.51. The van der Waals surface area contributed by atoms with E-state index in [1.165, 1.54) is 70.6 Å². The summed E-state index contributed by atoms with van der Waals surface area (Å²) in [6.07, 6.45) is 28.3. The number of fused-ring (bicyclic) bond motifs is 5. The molecule has 286 valence electrons. The lowest BCUT2D eigenvalue weighted by atomic mass is 9.46. The molecule has 51 heavy (non-hydrogen) atoms. The number of rotatable bonds is 22. The Morgan fingerprint density at radius 3 is 2.29 bits per heavy atom. The van der Waals surface area contributed by atoms with Crippen molar-refractivity contribution >= 4 is 17.5 Å². The monoisotopic (exact) mass is 708 g/mol. The van der Waals surface area contributed by atoms with E-state index in [1.807, 2.05) is 19.9 Å². The SMILES string of the molecule is C=C(CCC(=O)OCC(=O)[C@@]1(O)[C@H](C)C[C@H]2[C@@H]3CCC4=CC(=O)C=C[C@]4(C)[C@H]3[C@@H](O)C[C@@]21C)OCCCCCCCC/C=C\CCCCCCC. The fraction of sp³-hybridized carbons (Fsp3) is 0.750. The molecule has 2 N–H and O–H groups in total. The molecular weight excluding hydrogens is 640 g/mol. The van der Waals surface area contributed by atoms with E-state index in [4.69, 9.17) is 9.47 Å². The lowest BCUT2D eigenvalue weighted by Gasteiger charge is -2.59. The van der Waals surface area contributed by atoms with Crippen LogP contribution in [0, 0.1) is 34.5 Å². The molecule has 4 rings (SSSR count). The molecule has 0 saturated heterocycles. The van der Waals surface area contributed by atoms with Crippen molar-refractivity contribution in [2.45, 2.75) is 161 Å². The molecule has 0 spiro atoms. The molecule has 0 aromatic heterocycles. The highest BCUT2D eigenvalue weighted by molar-refractivity contribution is 6.01. The summed E-state index contributed by atoms with van der Waals surface area (Å²) >= 11 is 0. The number of ketones is 2. The van der Waals surface area contributed by atoms with Crippen molar-refractivity contribution in [2.24, 2.45) is 34.5 Å². The van der Waals surface area contributed by atoms with Crippen molar-refractivity contribution in [2.75, 3.05) is 13.2 Å². The molecule has 7 nitrogen and oxygen atoms in total. The Morgan fingerprint density at radius 2 is 1.61 bits per heavy atom. The number of Topliss-reactive ketones (excluding diaryl/α,β-unsaturated/α-hetero) is 1. The lowest BCUT2D eigenvalue weighted by molar-refractivity contribution is -0.186. The van der Waals surface area contributed by atoms with E-state index in [0.717, 1.165) is 31.3 Å². The molecule has 0 radical (unpaired) electrons. The largest absolute Gasteiger partial charge is 0.499 e. The highest BCUT2D eigenvalue weighted by atomic mass is 16.5. The minimum absolute atomic E-state index is 0.00854. The summed E-state index contributed by atoms with van der Waals surface area (Å²) in [7, 11) is 0. The van der Waals surface area contributed by atoms with Crippen molar-refractivity contribution in [1.82, 2.24) is 0 Å². The van der Waals surface area contributed by atoms with Crippen LogP contribution in [0.4, 0.5) is 0 Å². The standard InChI is InChI=1S/C44H68O7/c1-6-7-8-9-10-11-12-13-14-15-16-17-18-19-20-27-50-33(3)21-24-40(48)51-31-39(47)44(49)32(2)28-37-36-23-22-34-29-35(45)25-26-42(34,4)41(36)38(46)30-43(37,44)5/h12-13,25-26,29,32,36-38,41,46,49H,3,6-11,14-24,27-28,30-31H2,1-2,4-5H3/b13-12-/t32-,36+,37+,38+,41-,42+,43+,44+/m1/s1. The van der Waals surface area contributed by atoms with Gasteiger partial charge in [-0.2, -0.15) is 0 Å². The summed E-state index contributed by atoms with van der Waals surface area (Å²) in [5.41, 5.74) is -1.91. The minimum atomic E-state index is -1.71. The normalized spacial score (nSPS) is 32.6. The molecule has 0 bridgehead atoms. The van der Waals surface area contributed by atoms with Crippen LogP contribution < -0.4 is 0 Å². The first-order valence-electron chi connectivity index (χ1n) is 20.4. The molecule has 8 atom stereocenters. The molecule has 3 saturated carbocycles. The summed E-state index contributed by atoms with van der Waals surface area (Å²) < 4.78 is 11.2. The fourth-order valence-corrected chi connectivity index (χ4v) is 10.3. The predicted molar refractivity (Wildman–Crippen MR) is 203 cm³/mol.